The third kappa shape index (κ3) is 1.52. The van der Waals surface area contributed by atoms with Crippen molar-refractivity contribution in [3.63, 3.8) is 0 Å². The van der Waals surface area contributed by atoms with E-state index in [-0.39, 0.29) is 5.60 Å². The number of carbonyl (C=O) groups excluding carboxylic acids is 1. The van der Waals surface area contributed by atoms with Gasteiger partial charge in [0, 0.05) is 12.8 Å². The molecular formula is C11H18O2. The first kappa shape index (κ1) is 9.20. The first-order valence-corrected chi connectivity index (χ1v) is 5.42. The molecule has 2 aliphatic rings. The number of ether oxygens (including phenoxy) is 1. The van der Waals surface area contributed by atoms with Crippen LogP contribution < -0.4 is 0 Å². The summed E-state index contributed by atoms with van der Waals surface area (Å²) < 4.78 is 5.88. The molecule has 2 fully saturated rings. The number of ketones is 1. The van der Waals surface area contributed by atoms with Crippen molar-refractivity contribution in [1.29, 1.82) is 0 Å². The van der Waals surface area contributed by atoms with Crippen LogP contribution in [0.2, 0.25) is 0 Å². The van der Waals surface area contributed by atoms with Crippen molar-refractivity contribution < 1.29 is 9.53 Å². The number of rotatable bonds is 1. The molecule has 2 heteroatoms. The lowest BCUT2D eigenvalue weighted by Crippen LogP contribution is -2.42. The van der Waals surface area contributed by atoms with E-state index >= 15 is 0 Å². The van der Waals surface area contributed by atoms with Gasteiger partial charge in [0.2, 0.25) is 0 Å². The van der Waals surface area contributed by atoms with Gasteiger partial charge in [-0.15, -0.1) is 0 Å². The molecular weight excluding hydrogens is 164 g/mol. The maximum atomic E-state index is 11.4. The van der Waals surface area contributed by atoms with Crippen LogP contribution in [0, 0.1) is 5.92 Å². The van der Waals surface area contributed by atoms with Crippen LogP contribution in [0.3, 0.4) is 0 Å². The minimum absolute atomic E-state index is 0.0376. The Hall–Kier alpha value is -0.370. The second-order valence-corrected chi connectivity index (χ2v) is 4.38. The summed E-state index contributed by atoms with van der Waals surface area (Å²) in [6.07, 6.45) is 6.09. The lowest BCUT2D eigenvalue weighted by atomic mass is 9.82. The third-order valence-electron chi connectivity index (χ3n) is 3.66. The summed E-state index contributed by atoms with van der Waals surface area (Å²) in [5.41, 5.74) is -0.0376. The zero-order valence-corrected chi connectivity index (χ0v) is 8.34. The molecule has 74 valence electrons. The molecule has 1 saturated heterocycles. The Morgan fingerprint density at radius 2 is 2.46 bits per heavy atom. The van der Waals surface area contributed by atoms with Crippen molar-refractivity contribution in [3.05, 3.63) is 0 Å². The maximum Gasteiger partial charge on any atom is 0.138 e. The number of hydrogen-bond acceptors (Lipinski definition) is 2. The summed E-state index contributed by atoms with van der Waals surface area (Å²) in [5, 5.41) is 0. The van der Waals surface area contributed by atoms with E-state index in [1.807, 2.05) is 0 Å². The van der Waals surface area contributed by atoms with E-state index in [0.29, 0.717) is 31.1 Å². The van der Waals surface area contributed by atoms with E-state index in [1.165, 1.54) is 12.8 Å². The van der Waals surface area contributed by atoms with Gasteiger partial charge in [0.05, 0.1) is 12.2 Å². The standard InChI is InChI=1S/C11H18O2/c1-2-9-4-3-6-11(9)8-10(12)5-7-13-11/h9H,2-8H2,1H3. The fourth-order valence-corrected chi connectivity index (χ4v) is 2.96. The van der Waals surface area contributed by atoms with Crippen LogP contribution in [-0.4, -0.2) is 18.0 Å². The molecule has 0 N–H and O–H groups in total. The lowest BCUT2D eigenvalue weighted by Gasteiger charge is -2.37. The fraction of sp³-hybridized carbons (Fsp3) is 0.909. The molecule has 1 saturated carbocycles. The first-order valence-electron chi connectivity index (χ1n) is 5.42. The zero-order chi connectivity index (χ0) is 9.31. The molecule has 0 aromatic heterocycles. The Labute approximate surface area is 79.7 Å². The van der Waals surface area contributed by atoms with E-state index < -0.39 is 0 Å². The SMILES string of the molecule is CCC1CCCC12CC(=O)CCO2. The quantitative estimate of drug-likeness (QED) is 0.622. The Morgan fingerprint density at radius 1 is 1.62 bits per heavy atom. The van der Waals surface area contributed by atoms with Crippen LogP contribution in [-0.2, 0) is 9.53 Å². The highest BCUT2D eigenvalue weighted by molar-refractivity contribution is 5.80. The summed E-state index contributed by atoms with van der Waals surface area (Å²) in [5.74, 6) is 1.04. The number of carbonyl (C=O) groups is 1. The molecule has 1 aliphatic carbocycles. The minimum atomic E-state index is -0.0376. The van der Waals surface area contributed by atoms with Gasteiger partial charge in [-0.3, -0.25) is 4.79 Å². The summed E-state index contributed by atoms with van der Waals surface area (Å²) in [6.45, 7) is 2.87. The second kappa shape index (κ2) is 3.41. The topological polar surface area (TPSA) is 26.3 Å². The van der Waals surface area contributed by atoms with Crippen LogP contribution in [0.15, 0.2) is 0 Å². The van der Waals surface area contributed by atoms with Crippen molar-refractivity contribution in [2.75, 3.05) is 6.61 Å². The molecule has 1 heterocycles. The summed E-state index contributed by atoms with van der Waals surface area (Å²) in [6, 6.07) is 0. The van der Waals surface area contributed by atoms with Gasteiger partial charge in [-0.1, -0.05) is 19.8 Å². The number of hydrogen-bond donors (Lipinski definition) is 0. The fourth-order valence-electron chi connectivity index (χ4n) is 2.96. The van der Waals surface area contributed by atoms with Gasteiger partial charge in [0.15, 0.2) is 0 Å². The zero-order valence-electron chi connectivity index (χ0n) is 8.34. The summed E-state index contributed by atoms with van der Waals surface area (Å²) in [7, 11) is 0. The molecule has 13 heavy (non-hydrogen) atoms. The van der Waals surface area contributed by atoms with Gasteiger partial charge in [-0.25, -0.2) is 0 Å². The molecule has 1 spiro atoms. The normalized spacial score (nSPS) is 40.1. The van der Waals surface area contributed by atoms with Crippen LogP contribution in [0.1, 0.15) is 45.4 Å². The Kier molecular flexibility index (Phi) is 2.41. The molecule has 0 amide bonds. The predicted molar refractivity (Wildman–Crippen MR) is 50.6 cm³/mol. The molecule has 1 aliphatic heterocycles. The van der Waals surface area contributed by atoms with E-state index in [4.69, 9.17) is 4.74 Å². The largest absolute Gasteiger partial charge is 0.374 e. The van der Waals surface area contributed by atoms with Gasteiger partial charge in [-0.2, -0.15) is 0 Å². The van der Waals surface area contributed by atoms with Crippen LogP contribution in [0.5, 0.6) is 0 Å². The van der Waals surface area contributed by atoms with E-state index in [1.54, 1.807) is 0 Å². The van der Waals surface area contributed by atoms with Gasteiger partial charge >= 0.3 is 0 Å². The maximum absolute atomic E-state index is 11.4. The van der Waals surface area contributed by atoms with Crippen LogP contribution in [0.25, 0.3) is 0 Å². The Balaban J connectivity index is 2.12. The summed E-state index contributed by atoms with van der Waals surface area (Å²) in [4.78, 5) is 11.4. The molecule has 2 nitrogen and oxygen atoms in total. The number of Topliss-reactive ketones (excluding diaryl/α,β-unsaturated/α-hetero) is 1. The average Bonchev–Trinajstić information content (AvgIpc) is 2.47. The molecule has 2 atom stereocenters. The smallest absolute Gasteiger partial charge is 0.138 e. The van der Waals surface area contributed by atoms with E-state index in [0.717, 1.165) is 12.8 Å². The van der Waals surface area contributed by atoms with Crippen molar-refractivity contribution in [2.45, 2.75) is 51.0 Å². The highest BCUT2D eigenvalue weighted by Crippen LogP contribution is 2.44. The van der Waals surface area contributed by atoms with Crippen molar-refractivity contribution in [1.82, 2.24) is 0 Å². The van der Waals surface area contributed by atoms with Gasteiger partial charge < -0.3 is 4.74 Å². The van der Waals surface area contributed by atoms with Gasteiger partial charge in [0.1, 0.15) is 5.78 Å². The van der Waals surface area contributed by atoms with E-state index in [9.17, 15) is 4.79 Å². The second-order valence-electron chi connectivity index (χ2n) is 4.38. The third-order valence-corrected chi connectivity index (χ3v) is 3.66. The molecule has 0 aromatic carbocycles. The average molecular weight is 182 g/mol. The van der Waals surface area contributed by atoms with Gasteiger partial charge in [0.25, 0.3) is 0 Å². The van der Waals surface area contributed by atoms with Crippen LogP contribution >= 0.6 is 0 Å². The Bertz CT molecular complexity index is 212. The van der Waals surface area contributed by atoms with Gasteiger partial charge in [-0.05, 0) is 18.8 Å². The molecule has 2 rings (SSSR count). The van der Waals surface area contributed by atoms with Crippen LogP contribution in [0.4, 0.5) is 0 Å². The van der Waals surface area contributed by atoms with E-state index in [2.05, 4.69) is 6.92 Å². The summed E-state index contributed by atoms with van der Waals surface area (Å²) >= 11 is 0. The minimum Gasteiger partial charge on any atom is -0.374 e. The van der Waals surface area contributed by atoms with Crippen molar-refractivity contribution in [3.8, 4) is 0 Å². The van der Waals surface area contributed by atoms with Crippen molar-refractivity contribution >= 4 is 5.78 Å². The molecule has 2 unspecified atom stereocenters. The predicted octanol–water partition coefficient (Wildman–Crippen LogP) is 2.31. The Morgan fingerprint density at radius 3 is 3.15 bits per heavy atom. The molecule has 0 radical (unpaired) electrons. The molecule has 0 bridgehead atoms. The van der Waals surface area contributed by atoms with Crippen molar-refractivity contribution in [2.24, 2.45) is 5.92 Å². The first-order chi connectivity index (χ1) is 6.27. The highest BCUT2D eigenvalue weighted by Gasteiger charge is 2.45. The highest BCUT2D eigenvalue weighted by atomic mass is 16.5. The molecule has 0 aromatic rings. The lowest BCUT2D eigenvalue weighted by molar-refractivity contribution is -0.146. The monoisotopic (exact) mass is 182 g/mol.